The third-order valence-electron chi connectivity index (χ3n) is 2.58. The highest BCUT2D eigenvalue weighted by atomic mass is 19.1. The van der Waals surface area contributed by atoms with Crippen molar-refractivity contribution in [3.63, 3.8) is 0 Å². The summed E-state index contributed by atoms with van der Waals surface area (Å²) in [4.78, 5) is 0. The molecule has 0 heterocycles. The third kappa shape index (κ3) is 1.50. The molecule has 1 aromatic rings. The summed E-state index contributed by atoms with van der Waals surface area (Å²) in [7, 11) is 0. The Balaban J connectivity index is 2.21. The number of hydrogen-bond donors (Lipinski definition) is 0. The molecule has 63 valence electrons. The Kier molecular flexibility index (Phi) is 2.11. The van der Waals surface area contributed by atoms with Crippen molar-refractivity contribution in [3.8, 4) is 0 Å². The molecule has 0 aliphatic heterocycles. The van der Waals surface area contributed by atoms with E-state index < -0.39 is 0 Å². The van der Waals surface area contributed by atoms with Gasteiger partial charge in [0.05, 0.1) is 0 Å². The zero-order valence-electron chi connectivity index (χ0n) is 7.02. The van der Waals surface area contributed by atoms with Crippen LogP contribution < -0.4 is 0 Å². The Morgan fingerprint density at radius 2 is 2.08 bits per heavy atom. The summed E-state index contributed by atoms with van der Waals surface area (Å²) in [5.41, 5.74) is 1.06. The van der Waals surface area contributed by atoms with Crippen molar-refractivity contribution in [2.45, 2.75) is 31.6 Å². The number of rotatable bonds is 1. The Bertz CT molecular complexity index is 261. The van der Waals surface area contributed by atoms with Crippen molar-refractivity contribution < 1.29 is 4.39 Å². The Morgan fingerprint density at radius 3 is 2.75 bits per heavy atom. The molecule has 0 atom stereocenters. The maximum atomic E-state index is 12.8. The van der Waals surface area contributed by atoms with E-state index >= 15 is 0 Å². The van der Waals surface area contributed by atoms with Crippen molar-refractivity contribution in [3.05, 3.63) is 35.6 Å². The van der Waals surface area contributed by atoms with Crippen LogP contribution in [-0.4, -0.2) is 0 Å². The van der Waals surface area contributed by atoms with E-state index in [1.165, 1.54) is 31.7 Å². The van der Waals surface area contributed by atoms with E-state index in [0.717, 1.165) is 5.56 Å². The first-order valence-corrected chi connectivity index (χ1v) is 4.53. The first kappa shape index (κ1) is 7.78. The molecule has 1 aliphatic rings. The lowest BCUT2D eigenvalue weighted by atomic mass is 9.98. The van der Waals surface area contributed by atoms with Gasteiger partial charge in [-0.15, -0.1) is 0 Å². The zero-order chi connectivity index (χ0) is 8.39. The van der Waals surface area contributed by atoms with Gasteiger partial charge in [-0.2, -0.15) is 0 Å². The molecule has 0 amide bonds. The van der Waals surface area contributed by atoms with Gasteiger partial charge < -0.3 is 0 Å². The summed E-state index contributed by atoms with van der Waals surface area (Å²) in [6.07, 6.45) is 4.99. The molecule has 1 heteroatoms. The highest BCUT2D eigenvalue weighted by Gasteiger charge is 2.16. The van der Waals surface area contributed by atoms with Crippen molar-refractivity contribution in [1.29, 1.82) is 0 Å². The molecule has 0 nitrogen and oxygen atoms in total. The van der Waals surface area contributed by atoms with Gasteiger partial charge in [0.1, 0.15) is 5.82 Å². The molecule has 0 unspecified atom stereocenters. The van der Waals surface area contributed by atoms with Gasteiger partial charge in [0.25, 0.3) is 0 Å². The molecule has 1 saturated carbocycles. The molecule has 1 aliphatic carbocycles. The van der Waals surface area contributed by atoms with Crippen LogP contribution in [0, 0.1) is 11.9 Å². The van der Waals surface area contributed by atoms with Gasteiger partial charge >= 0.3 is 0 Å². The molecule has 0 aromatic heterocycles. The second-order valence-corrected chi connectivity index (χ2v) is 3.44. The van der Waals surface area contributed by atoms with Crippen molar-refractivity contribution in [1.82, 2.24) is 0 Å². The van der Waals surface area contributed by atoms with Crippen LogP contribution in [0.1, 0.15) is 37.2 Å². The molecular formula is C11H12F. The summed E-state index contributed by atoms with van der Waals surface area (Å²) >= 11 is 0. The van der Waals surface area contributed by atoms with Crippen molar-refractivity contribution in [2.24, 2.45) is 0 Å². The molecule has 1 radical (unpaired) electrons. The highest BCUT2D eigenvalue weighted by molar-refractivity contribution is 5.19. The summed E-state index contributed by atoms with van der Waals surface area (Å²) in [6, 6.07) is 7.87. The van der Waals surface area contributed by atoms with E-state index in [-0.39, 0.29) is 5.82 Å². The second-order valence-electron chi connectivity index (χ2n) is 3.44. The predicted molar refractivity (Wildman–Crippen MR) is 46.4 cm³/mol. The molecule has 1 aromatic carbocycles. The Labute approximate surface area is 72.4 Å². The van der Waals surface area contributed by atoms with Crippen LogP contribution in [0.3, 0.4) is 0 Å². The van der Waals surface area contributed by atoms with Crippen LogP contribution in [0.5, 0.6) is 0 Å². The van der Waals surface area contributed by atoms with Crippen LogP contribution >= 0.6 is 0 Å². The van der Waals surface area contributed by atoms with E-state index in [1.54, 1.807) is 12.1 Å². The molecule has 12 heavy (non-hydrogen) atoms. The lowest BCUT2D eigenvalue weighted by Crippen LogP contribution is -1.92. The van der Waals surface area contributed by atoms with Gasteiger partial charge in [-0.05, 0) is 42.5 Å². The quantitative estimate of drug-likeness (QED) is 0.596. The van der Waals surface area contributed by atoms with Crippen molar-refractivity contribution in [2.75, 3.05) is 0 Å². The zero-order valence-corrected chi connectivity index (χ0v) is 7.02. The highest BCUT2D eigenvalue weighted by Crippen LogP contribution is 2.33. The van der Waals surface area contributed by atoms with E-state index in [2.05, 4.69) is 6.07 Å². The van der Waals surface area contributed by atoms with Crippen LogP contribution in [0.4, 0.5) is 4.39 Å². The Morgan fingerprint density at radius 1 is 1.33 bits per heavy atom. The minimum atomic E-state index is -0.129. The van der Waals surface area contributed by atoms with Crippen LogP contribution in [0.2, 0.25) is 0 Å². The topological polar surface area (TPSA) is 0 Å². The molecule has 0 spiro atoms. The van der Waals surface area contributed by atoms with Crippen molar-refractivity contribution >= 4 is 0 Å². The van der Waals surface area contributed by atoms with Gasteiger partial charge in [0.15, 0.2) is 0 Å². The lowest BCUT2D eigenvalue weighted by molar-refractivity contribution is 0.618. The fourth-order valence-corrected chi connectivity index (χ4v) is 1.93. The first-order valence-electron chi connectivity index (χ1n) is 4.53. The van der Waals surface area contributed by atoms with Gasteiger partial charge in [0.2, 0.25) is 0 Å². The number of benzene rings is 1. The largest absolute Gasteiger partial charge is 0.207 e. The molecule has 2 rings (SSSR count). The molecule has 0 N–H and O–H groups in total. The van der Waals surface area contributed by atoms with Gasteiger partial charge in [-0.1, -0.05) is 18.9 Å². The fourth-order valence-electron chi connectivity index (χ4n) is 1.93. The van der Waals surface area contributed by atoms with E-state index in [4.69, 9.17) is 0 Å². The van der Waals surface area contributed by atoms with E-state index in [1.807, 2.05) is 0 Å². The summed E-state index contributed by atoms with van der Waals surface area (Å²) in [5.74, 6) is 0.441. The summed E-state index contributed by atoms with van der Waals surface area (Å²) in [5, 5.41) is 0. The number of hydrogen-bond acceptors (Lipinski definition) is 0. The second kappa shape index (κ2) is 3.26. The standard InChI is InChI=1S/C11H12F/c12-11-7-3-6-10(8-11)9-4-1-2-5-9/h3,7-9H,1-2,4-5H2. The van der Waals surface area contributed by atoms with Crippen LogP contribution in [-0.2, 0) is 0 Å². The predicted octanol–water partition coefficient (Wildman–Crippen LogP) is 3.28. The molecule has 0 bridgehead atoms. The minimum absolute atomic E-state index is 0.129. The first-order chi connectivity index (χ1) is 5.86. The molecule has 0 saturated heterocycles. The average Bonchev–Trinajstić information content (AvgIpc) is 2.56. The average molecular weight is 163 g/mol. The minimum Gasteiger partial charge on any atom is -0.207 e. The molecular weight excluding hydrogens is 151 g/mol. The van der Waals surface area contributed by atoms with E-state index in [0.29, 0.717) is 5.92 Å². The maximum absolute atomic E-state index is 12.8. The van der Waals surface area contributed by atoms with Gasteiger partial charge in [-0.25, -0.2) is 4.39 Å². The fraction of sp³-hybridized carbons (Fsp3) is 0.455. The van der Waals surface area contributed by atoms with Gasteiger partial charge in [-0.3, -0.25) is 0 Å². The van der Waals surface area contributed by atoms with Crippen LogP contribution in [0.15, 0.2) is 18.2 Å². The summed E-state index contributed by atoms with van der Waals surface area (Å²) < 4.78 is 12.8. The summed E-state index contributed by atoms with van der Waals surface area (Å²) in [6.45, 7) is 0. The Hall–Kier alpha value is -0.850. The SMILES string of the molecule is Fc1cc[c]c(C2CCCC2)c1. The normalized spacial score (nSPS) is 18.4. The van der Waals surface area contributed by atoms with E-state index in [9.17, 15) is 4.39 Å². The lowest BCUT2D eigenvalue weighted by Gasteiger charge is -2.07. The maximum Gasteiger partial charge on any atom is 0.123 e. The van der Waals surface area contributed by atoms with Gasteiger partial charge in [0, 0.05) is 0 Å². The monoisotopic (exact) mass is 163 g/mol. The number of halogens is 1. The third-order valence-corrected chi connectivity index (χ3v) is 2.58. The smallest absolute Gasteiger partial charge is 0.123 e. The van der Waals surface area contributed by atoms with Crippen LogP contribution in [0.25, 0.3) is 0 Å². The molecule has 1 fully saturated rings.